The molecule has 1 saturated heterocycles. The van der Waals surface area contributed by atoms with Crippen LogP contribution in [0.2, 0.25) is 0 Å². The standard InChI is InChI=1S/C31H35BN4O/c1-2-28(23-9-5-3-6-10-23)34-30(32)24-13-16-29-26(19-24)27(31(37)35-29)20-33-25-14-11-22(12-15-25)21-36-17-7-4-8-18-36/h3,5-6,9-16,19-20,28,32-34H,2,4,7-8,17-18,21H2,1H3,(H,35,37)/b27-20-/t28-/m1/s1. The first-order valence-electron chi connectivity index (χ1n) is 13.4. The Morgan fingerprint density at radius 1 is 1.03 bits per heavy atom. The van der Waals surface area contributed by atoms with Gasteiger partial charge in [0.25, 0.3) is 0 Å². The zero-order valence-electron chi connectivity index (χ0n) is 21.6. The third-order valence-corrected chi connectivity index (χ3v) is 7.30. The molecule has 0 spiro atoms. The number of piperidine rings is 1. The number of nitrogens with one attached hydrogen (secondary N) is 3. The Bertz CT molecular complexity index is 1280. The molecular formula is C31H35BN4O. The van der Waals surface area contributed by atoms with Gasteiger partial charge in [-0.25, -0.2) is 0 Å². The van der Waals surface area contributed by atoms with Gasteiger partial charge in [0, 0.05) is 0 Å². The average molecular weight is 490 g/mol. The van der Waals surface area contributed by atoms with Crippen molar-refractivity contribution in [2.45, 2.75) is 45.2 Å². The first-order chi connectivity index (χ1) is 18.1. The molecule has 2 heterocycles. The van der Waals surface area contributed by atoms with Crippen LogP contribution in [-0.4, -0.2) is 37.0 Å². The number of fused-ring (bicyclic) bond motifs is 1. The van der Waals surface area contributed by atoms with Crippen LogP contribution in [-0.2, 0) is 11.3 Å². The molecule has 37 heavy (non-hydrogen) atoms. The van der Waals surface area contributed by atoms with Crippen LogP contribution in [0.5, 0.6) is 0 Å². The SMILES string of the molecule is B=C(N[C@H](CC)c1ccccc1)c1ccc2c(c1)/C(=C/Nc1ccc(CN3CCCCC3)cc1)C(=O)N2. The number of carbonyl (C=O) groups excluding carboxylic acids is 1. The Morgan fingerprint density at radius 2 is 1.78 bits per heavy atom. The van der Waals surface area contributed by atoms with Gasteiger partial charge in [0.2, 0.25) is 0 Å². The van der Waals surface area contributed by atoms with E-state index in [1.807, 2.05) is 24.3 Å². The summed E-state index contributed by atoms with van der Waals surface area (Å²) in [6.45, 7) is 5.54. The molecule has 0 radical (unpaired) electrons. The molecule has 1 atom stereocenters. The summed E-state index contributed by atoms with van der Waals surface area (Å²) < 4.78 is 0. The number of anilines is 2. The minimum atomic E-state index is -0.101. The van der Waals surface area contributed by atoms with Crippen molar-refractivity contribution in [1.29, 1.82) is 0 Å². The summed E-state index contributed by atoms with van der Waals surface area (Å²) in [6.07, 6.45) is 6.70. The molecule has 1 fully saturated rings. The third-order valence-electron chi connectivity index (χ3n) is 7.30. The van der Waals surface area contributed by atoms with Gasteiger partial charge in [0.15, 0.2) is 0 Å². The fourth-order valence-electron chi connectivity index (χ4n) is 5.16. The molecule has 188 valence electrons. The molecule has 0 unspecified atom stereocenters. The molecule has 0 aliphatic carbocycles. The minimum absolute atomic E-state index is 0.101. The van der Waals surface area contributed by atoms with Crippen molar-refractivity contribution in [2.75, 3.05) is 23.7 Å². The van der Waals surface area contributed by atoms with Crippen molar-refractivity contribution < 1.29 is 4.79 Å². The monoisotopic (exact) mass is 490 g/mol. The molecule has 3 aromatic carbocycles. The predicted octanol–water partition coefficient (Wildman–Crippen LogP) is 5.20. The Morgan fingerprint density at radius 3 is 2.51 bits per heavy atom. The Balaban J connectivity index is 1.27. The van der Waals surface area contributed by atoms with Crippen LogP contribution in [0.1, 0.15) is 60.9 Å². The van der Waals surface area contributed by atoms with Crippen LogP contribution in [0.4, 0.5) is 11.4 Å². The summed E-state index contributed by atoms with van der Waals surface area (Å²) in [7, 11) is 4.30. The summed E-state index contributed by atoms with van der Waals surface area (Å²) in [5.74, 6) is -0.101. The first kappa shape index (κ1) is 25.0. The number of likely N-dealkylation sites (tertiary alicyclic amines) is 1. The van der Waals surface area contributed by atoms with E-state index in [0.717, 1.165) is 41.1 Å². The second-order valence-electron chi connectivity index (χ2n) is 9.94. The molecule has 3 N–H and O–H groups in total. The second-order valence-corrected chi connectivity index (χ2v) is 9.94. The summed E-state index contributed by atoms with van der Waals surface area (Å²) in [4.78, 5) is 15.3. The average Bonchev–Trinajstić information content (AvgIpc) is 3.26. The molecule has 5 rings (SSSR count). The van der Waals surface area contributed by atoms with Gasteiger partial charge in [-0.3, -0.25) is 4.90 Å². The van der Waals surface area contributed by atoms with E-state index in [-0.39, 0.29) is 11.9 Å². The number of hydrogen-bond acceptors (Lipinski definition) is 4. The summed E-state index contributed by atoms with van der Waals surface area (Å²) in [6, 6.07) is 25.1. The van der Waals surface area contributed by atoms with Crippen LogP contribution in [0.3, 0.4) is 0 Å². The Labute approximate surface area is 221 Å². The van der Waals surface area contributed by atoms with E-state index in [9.17, 15) is 4.79 Å². The zero-order valence-corrected chi connectivity index (χ0v) is 21.6. The van der Waals surface area contributed by atoms with Gasteiger partial charge in [-0.2, -0.15) is 0 Å². The predicted molar refractivity (Wildman–Crippen MR) is 156 cm³/mol. The Hall–Kier alpha value is -3.64. The number of hydrogen-bond donors (Lipinski definition) is 3. The van der Waals surface area contributed by atoms with Crippen molar-refractivity contribution in [1.82, 2.24) is 10.2 Å². The molecule has 5 nitrogen and oxygen atoms in total. The van der Waals surface area contributed by atoms with Crippen LogP contribution in [0.25, 0.3) is 5.57 Å². The normalized spacial score (nSPS) is 17.2. The first-order valence-corrected chi connectivity index (χ1v) is 13.4. The maximum atomic E-state index is 12.8. The van der Waals surface area contributed by atoms with E-state index in [0.29, 0.717) is 5.57 Å². The molecule has 2 aliphatic rings. The molecule has 0 aromatic heterocycles. The van der Waals surface area contributed by atoms with Crippen molar-refractivity contribution in [3.05, 3.63) is 101 Å². The van der Waals surface area contributed by atoms with E-state index in [1.54, 1.807) is 6.20 Å². The molecule has 3 aromatic rings. The van der Waals surface area contributed by atoms with Gasteiger partial charge in [-0.05, 0) is 25.9 Å². The van der Waals surface area contributed by atoms with Crippen molar-refractivity contribution in [3.63, 3.8) is 0 Å². The van der Waals surface area contributed by atoms with E-state index in [4.69, 9.17) is 0 Å². The van der Waals surface area contributed by atoms with Gasteiger partial charge in [-0.15, -0.1) is 0 Å². The molecule has 0 bridgehead atoms. The summed E-state index contributed by atoms with van der Waals surface area (Å²) in [5.41, 5.74) is 7.65. The molecule has 6 heteroatoms. The van der Waals surface area contributed by atoms with Gasteiger partial charge in [-0.1, -0.05) is 6.42 Å². The van der Waals surface area contributed by atoms with Gasteiger partial charge in [0.1, 0.15) is 0 Å². The van der Waals surface area contributed by atoms with Crippen LogP contribution in [0.15, 0.2) is 79.0 Å². The van der Waals surface area contributed by atoms with Crippen LogP contribution >= 0.6 is 0 Å². The van der Waals surface area contributed by atoms with Crippen molar-refractivity contribution in [3.8, 4) is 0 Å². The van der Waals surface area contributed by atoms with E-state index < -0.39 is 0 Å². The van der Waals surface area contributed by atoms with E-state index >= 15 is 0 Å². The molecule has 2 aliphatic heterocycles. The topological polar surface area (TPSA) is 56.4 Å². The summed E-state index contributed by atoms with van der Waals surface area (Å²) >= 11 is 0. The number of carbonyl (C=O) groups is 1. The quantitative estimate of drug-likeness (QED) is 0.285. The number of nitrogens with zero attached hydrogens (tertiary/aromatic N) is 1. The maximum absolute atomic E-state index is 12.8. The van der Waals surface area contributed by atoms with E-state index in [1.165, 1.54) is 43.5 Å². The van der Waals surface area contributed by atoms with Gasteiger partial charge >= 0.3 is 184 Å². The third kappa shape index (κ3) is 6.03. The Kier molecular flexibility index (Phi) is 7.86. The fourth-order valence-corrected chi connectivity index (χ4v) is 5.16. The van der Waals surface area contributed by atoms with Crippen LogP contribution in [0, 0.1) is 0 Å². The molecule has 1 amide bonds. The van der Waals surface area contributed by atoms with Gasteiger partial charge < -0.3 is 0 Å². The molecule has 0 saturated carbocycles. The fraction of sp³-hybridized carbons (Fsp3) is 0.290. The number of amides is 1. The van der Waals surface area contributed by atoms with Gasteiger partial charge in [0.05, 0.1) is 0 Å². The molecular weight excluding hydrogens is 455 g/mol. The second kappa shape index (κ2) is 11.6. The van der Waals surface area contributed by atoms with Crippen molar-refractivity contribution in [2.24, 2.45) is 0 Å². The summed E-state index contributed by atoms with van der Waals surface area (Å²) in [5, 5.41) is 9.88. The van der Waals surface area contributed by atoms with E-state index in [2.05, 4.69) is 83.8 Å². The van der Waals surface area contributed by atoms with Crippen LogP contribution < -0.4 is 16.0 Å². The zero-order chi connectivity index (χ0) is 25.6. The number of benzene rings is 3. The van der Waals surface area contributed by atoms with Crippen molar-refractivity contribution >= 4 is 35.9 Å². The number of rotatable bonds is 9.